The summed E-state index contributed by atoms with van der Waals surface area (Å²) in [4.78, 5) is 0. The molecule has 0 aromatic rings. The van der Waals surface area contributed by atoms with Crippen molar-refractivity contribution in [1.82, 2.24) is 0 Å². The van der Waals surface area contributed by atoms with Gasteiger partial charge in [0.1, 0.15) is 0 Å². The first-order valence-electron chi connectivity index (χ1n) is 5.60. The maximum absolute atomic E-state index is 2.46. The molecule has 0 radical (unpaired) electrons. The Balaban J connectivity index is 2.63. The molecule has 0 bridgehead atoms. The van der Waals surface area contributed by atoms with Gasteiger partial charge in [-0.3, -0.25) is 0 Å². The van der Waals surface area contributed by atoms with Crippen molar-refractivity contribution < 1.29 is 4.48 Å². The SMILES string of the molecule is CC(C)=C[C@@H]1[C@H](C[N+](C)(C)C)C1(C)C. The van der Waals surface area contributed by atoms with Gasteiger partial charge in [0.2, 0.25) is 0 Å². The lowest BCUT2D eigenvalue weighted by molar-refractivity contribution is -0.872. The predicted octanol–water partition coefficient (Wildman–Crippen LogP) is 2.93. The van der Waals surface area contributed by atoms with Gasteiger partial charge >= 0.3 is 0 Å². The van der Waals surface area contributed by atoms with E-state index in [1.165, 1.54) is 12.1 Å². The molecule has 0 saturated heterocycles. The molecule has 0 aliphatic heterocycles. The van der Waals surface area contributed by atoms with Crippen molar-refractivity contribution in [3.05, 3.63) is 11.6 Å². The first-order valence-corrected chi connectivity index (χ1v) is 5.60. The second-order valence-electron chi connectivity index (χ2n) is 6.67. The van der Waals surface area contributed by atoms with E-state index in [-0.39, 0.29) is 0 Å². The zero-order valence-corrected chi connectivity index (χ0v) is 10.9. The zero-order chi connectivity index (χ0) is 11.1. The third kappa shape index (κ3) is 2.60. The summed E-state index contributed by atoms with van der Waals surface area (Å²) in [5.41, 5.74) is 2.00. The third-order valence-corrected chi connectivity index (χ3v) is 3.40. The van der Waals surface area contributed by atoms with Gasteiger partial charge in [-0.1, -0.05) is 25.5 Å². The minimum atomic E-state index is 0.531. The number of allylic oxidation sites excluding steroid dienone is 2. The van der Waals surface area contributed by atoms with Crippen molar-refractivity contribution in [3.63, 3.8) is 0 Å². The molecule has 0 spiro atoms. The van der Waals surface area contributed by atoms with E-state index < -0.39 is 0 Å². The number of rotatable bonds is 3. The van der Waals surface area contributed by atoms with Crippen LogP contribution in [0.15, 0.2) is 11.6 Å². The Kier molecular flexibility index (Phi) is 2.84. The number of quaternary nitrogens is 1. The molecule has 2 atom stereocenters. The molecular weight excluding hydrogens is 170 g/mol. The molecule has 0 N–H and O–H groups in total. The first kappa shape index (κ1) is 11.8. The van der Waals surface area contributed by atoms with Crippen LogP contribution in [0.3, 0.4) is 0 Å². The highest BCUT2D eigenvalue weighted by Gasteiger charge is 2.58. The van der Waals surface area contributed by atoms with Gasteiger partial charge in [0.05, 0.1) is 27.7 Å². The van der Waals surface area contributed by atoms with Crippen molar-refractivity contribution in [1.29, 1.82) is 0 Å². The average molecular weight is 196 g/mol. The summed E-state index contributed by atoms with van der Waals surface area (Å²) in [7, 11) is 6.86. The molecule has 82 valence electrons. The lowest BCUT2D eigenvalue weighted by atomic mass is 10.1. The molecule has 0 heterocycles. The standard InChI is InChI=1S/C13H26N/c1-10(2)8-11-12(13(11,3)4)9-14(5,6)7/h8,11-12H,9H2,1-7H3/q+1/t11-,12+/m1/s1. The van der Waals surface area contributed by atoms with Gasteiger partial charge in [-0.15, -0.1) is 0 Å². The van der Waals surface area contributed by atoms with Crippen LogP contribution in [0.5, 0.6) is 0 Å². The van der Waals surface area contributed by atoms with Gasteiger partial charge < -0.3 is 4.48 Å². The fourth-order valence-corrected chi connectivity index (χ4v) is 2.42. The minimum absolute atomic E-state index is 0.531. The number of hydrogen-bond donors (Lipinski definition) is 0. The van der Waals surface area contributed by atoms with Crippen molar-refractivity contribution >= 4 is 0 Å². The summed E-state index contributed by atoms with van der Waals surface area (Å²) in [5, 5.41) is 0. The second kappa shape index (κ2) is 3.37. The summed E-state index contributed by atoms with van der Waals surface area (Å²) in [6.45, 7) is 10.5. The summed E-state index contributed by atoms with van der Waals surface area (Å²) in [6, 6.07) is 0. The van der Waals surface area contributed by atoms with Gasteiger partial charge in [0.25, 0.3) is 0 Å². The van der Waals surface area contributed by atoms with Crippen LogP contribution < -0.4 is 0 Å². The molecule has 14 heavy (non-hydrogen) atoms. The topological polar surface area (TPSA) is 0 Å². The second-order valence-corrected chi connectivity index (χ2v) is 6.67. The van der Waals surface area contributed by atoms with Gasteiger partial charge in [0, 0.05) is 5.92 Å². The molecule has 0 aromatic heterocycles. The molecule has 0 amide bonds. The third-order valence-electron chi connectivity index (χ3n) is 3.40. The van der Waals surface area contributed by atoms with Crippen LogP contribution in [0.4, 0.5) is 0 Å². The van der Waals surface area contributed by atoms with Crippen LogP contribution in [-0.2, 0) is 0 Å². The van der Waals surface area contributed by atoms with Crippen LogP contribution in [0, 0.1) is 17.3 Å². The molecule has 1 fully saturated rings. The molecule has 1 aliphatic carbocycles. The molecule has 1 aliphatic rings. The van der Waals surface area contributed by atoms with Gasteiger partial charge in [-0.05, 0) is 25.2 Å². The summed E-state index contributed by atoms with van der Waals surface area (Å²) in [6.07, 6.45) is 2.46. The Morgan fingerprint density at radius 1 is 1.21 bits per heavy atom. The van der Waals surface area contributed by atoms with E-state index in [4.69, 9.17) is 0 Å². The smallest absolute Gasteiger partial charge is 0.0820 e. The van der Waals surface area contributed by atoms with Gasteiger partial charge in [0.15, 0.2) is 0 Å². The molecule has 1 heteroatoms. The molecule has 1 saturated carbocycles. The van der Waals surface area contributed by atoms with Crippen LogP contribution in [-0.4, -0.2) is 32.2 Å². The highest BCUT2D eigenvalue weighted by Crippen LogP contribution is 2.59. The maximum Gasteiger partial charge on any atom is 0.0820 e. The lowest BCUT2D eigenvalue weighted by Gasteiger charge is -2.24. The lowest BCUT2D eigenvalue weighted by Crippen LogP contribution is -2.37. The summed E-state index contributed by atoms with van der Waals surface area (Å²) >= 11 is 0. The van der Waals surface area contributed by atoms with Gasteiger partial charge in [-0.2, -0.15) is 0 Å². The molecule has 1 rings (SSSR count). The van der Waals surface area contributed by atoms with E-state index in [1.807, 2.05) is 0 Å². The monoisotopic (exact) mass is 196 g/mol. The molecule has 0 unspecified atom stereocenters. The Bertz CT molecular complexity index is 238. The van der Waals surface area contributed by atoms with Crippen molar-refractivity contribution in [2.75, 3.05) is 27.7 Å². The molecular formula is C13H26N+. The number of hydrogen-bond acceptors (Lipinski definition) is 0. The summed E-state index contributed by atoms with van der Waals surface area (Å²) in [5.74, 6) is 1.68. The fraction of sp³-hybridized carbons (Fsp3) is 0.846. The van der Waals surface area contributed by atoms with Crippen molar-refractivity contribution in [2.24, 2.45) is 17.3 Å². The largest absolute Gasteiger partial charge is 0.331 e. The number of nitrogens with zero attached hydrogens (tertiary/aromatic N) is 1. The fourth-order valence-electron chi connectivity index (χ4n) is 2.42. The van der Waals surface area contributed by atoms with Crippen LogP contribution in [0.1, 0.15) is 27.7 Å². The van der Waals surface area contributed by atoms with E-state index >= 15 is 0 Å². The highest BCUT2D eigenvalue weighted by molar-refractivity contribution is 5.16. The van der Waals surface area contributed by atoms with E-state index in [2.05, 4.69) is 54.9 Å². The Hall–Kier alpha value is -0.300. The quantitative estimate of drug-likeness (QED) is 0.481. The molecule has 0 aromatic carbocycles. The van der Waals surface area contributed by atoms with Gasteiger partial charge in [-0.25, -0.2) is 0 Å². The Morgan fingerprint density at radius 2 is 1.71 bits per heavy atom. The van der Waals surface area contributed by atoms with E-state index in [9.17, 15) is 0 Å². The Labute approximate surface area is 89.4 Å². The maximum atomic E-state index is 2.46. The summed E-state index contributed by atoms with van der Waals surface area (Å²) < 4.78 is 1.08. The van der Waals surface area contributed by atoms with Crippen molar-refractivity contribution in [2.45, 2.75) is 27.7 Å². The van der Waals surface area contributed by atoms with E-state index in [0.29, 0.717) is 5.41 Å². The first-order chi connectivity index (χ1) is 6.14. The van der Waals surface area contributed by atoms with Crippen molar-refractivity contribution in [3.8, 4) is 0 Å². The van der Waals surface area contributed by atoms with E-state index in [1.54, 1.807) is 0 Å². The highest BCUT2D eigenvalue weighted by atomic mass is 15.3. The van der Waals surface area contributed by atoms with Crippen LogP contribution >= 0.6 is 0 Å². The normalized spacial score (nSPS) is 29.9. The minimum Gasteiger partial charge on any atom is -0.331 e. The van der Waals surface area contributed by atoms with Crippen LogP contribution in [0.25, 0.3) is 0 Å². The van der Waals surface area contributed by atoms with E-state index in [0.717, 1.165) is 16.3 Å². The zero-order valence-electron chi connectivity index (χ0n) is 10.9. The average Bonchev–Trinajstić information content (AvgIpc) is 2.34. The Morgan fingerprint density at radius 3 is 2.07 bits per heavy atom. The predicted molar refractivity (Wildman–Crippen MR) is 63.1 cm³/mol. The molecule has 1 nitrogen and oxygen atoms in total. The van der Waals surface area contributed by atoms with Crippen LogP contribution in [0.2, 0.25) is 0 Å².